The number of piperidine rings is 1. The van der Waals surface area contributed by atoms with Crippen molar-refractivity contribution in [3.05, 3.63) is 35.0 Å². The maximum absolute atomic E-state index is 13.7. The van der Waals surface area contributed by atoms with Crippen molar-refractivity contribution in [3.63, 3.8) is 0 Å². The Kier molecular flexibility index (Phi) is 6.94. The van der Waals surface area contributed by atoms with Gasteiger partial charge in [-0.05, 0) is 62.1 Å². The van der Waals surface area contributed by atoms with Gasteiger partial charge >= 0.3 is 0 Å². The van der Waals surface area contributed by atoms with Gasteiger partial charge in [0, 0.05) is 34.9 Å². The Labute approximate surface area is 215 Å². The van der Waals surface area contributed by atoms with Crippen LogP contribution in [-0.2, 0) is 9.59 Å². The number of benzene rings is 1. The number of likely N-dealkylation sites (tertiary alicyclic amines) is 1. The standard InChI is InChI=1S/C27H32ClN5O3/c28-20-7-4-8-21-19(20)13-22(32-21)26(36)33-16-27(9-2-1-3-10-27)14-23(33)25(35)31-18(15-29)12-17-6-5-11-30-24(17)34/h4,7-8,13,17-18,23,32H,1-3,5-6,9-12,14,16H2,(H,30,34)(H,31,35)/t17-,18-,23?/m0/s1. The SMILES string of the molecule is N#C[C@H](C[C@@H]1CCCNC1=O)NC(=O)C1CC2(CCCCC2)CN1C(=O)c1cc2c(Cl)cccc2[nH]1. The van der Waals surface area contributed by atoms with Crippen molar-refractivity contribution in [3.8, 4) is 6.07 Å². The molecule has 1 unspecified atom stereocenters. The number of rotatable bonds is 5. The third-order valence-electron chi connectivity index (χ3n) is 8.22. The molecule has 3 fully saturated rings. The summed E-state index contributed by atoms with van der Waals surface area (Å²) in [5.41, 5.74) is 1.10. The molecule has 36 heavy (non-hydrogen) atoms. The number of aromatic nitrogens is 1. The van der Waals surface area contributed by atoms with Crippen LogP contribution in [0.3, 0.4) is 0 Å². The quantitative estimate of drug-likeness (QED) is 0.566. The van der Waals surface area contributed by atoms with Crippen LogP contribution in [0.4, 0.5) is 0 Å². The van der Waals surface area contributed by atoms with Crippen LogP contribution < -0.4 is 10.6 Å². The number of hydrogen-bond donors (Lipinski definition) is 3. The van der Waals surface area contributed by atoms with Gasteiger partial charge in [0.25, 0.3) is 5.91 Å². The lowest BCUT2D eigenvalue weighted by molar-refractivity contribution is -0.128. The molecule has 3 heterocycles. The van der Waals surface area contributed by atoms with E-state index in [1.165, 1.54) is 6.42 Å². The van der Waals surface area contributed by atoms with Crippen molar-refractivity contribution >= 4 is 40.2 Å². The Bertz CT molecular complexity index is 1210. The van der Waals surface area contributed by atoms with Crippen LogP contribution in [0.15, 0.2) is 24.3 Å². The number of amides is 3. The van der Waals surface area contributed by atoms with Gasteiger partial charge in [-0.25, -0.2) is 0 Å². The normalized spacial score (nSPS) is 24.3. The highest BCUT2D eigenvalue weighted by molar-refractivity contribution is 6.35. The fourth-order valence-corrected chi connectivity index (χ4v) is 6.54. The molecule has 9 heteroatoms. The Balaban J connectivity index is 1.37. The fourth-order valence-electron chi connectivity index (χ4n) is 6.31. The van der Waals surface area contributed by atoms with Crippen LogP contribution in [0.25, 0.3) is 10.9 Å². The van der Waals surface area contributed by atoms with E-state index < -0.39 is 12.1 Å². The van der Waals surface area contributed by atoms with Gasteiger partial charge in [-0.3, -0.25) is 14.4 Å². The third kappa shape index (κ3) is 4.81. The minimum Gasteiger partial charge on any atom is -0.356 e. The van der Waals surface area contributed by atoms with Crippen LogP contribution in [0.1, 0.15) is 68.3 Å². The number of nitrogens with one attached hydrogen (secondary N) is 3. The monoisotopic (exact) mass is 509 g/mol. The molecule has 190 valence electrons. The van der Waals surface area contributed by atoms with Gasteiger partial charge in [-0.2, -0.15) is 5.26 Å². The van der Waals surface area contributed by atoms with Crippen LogP contribution in [0.5, 0.6) is 0 Å². The summed E-state index contributed by atoms with van der Waals surface area (Å²) in [4.78, 5) is 44.3. The van der Waals surface area contributed by atoms with E-state index in [0.29, 0.717) is 36.6 Å². The first-order chi connectivity index (χ1) is 17.4. The van der Waals surface area contributed by atoms with E-state index in [2.05, 4.69) is 21.7 Å². The Hall–Kier alpha value is -3.05. The van der Waals surface area contributed by atoms with E-state index in [1.54, 1.807) is 17.0 Å². The highest BCUT2D eigenvalue weighted by atomic mass is 35.5. The Morgan fingerprint density at radius 2 is 2.06 bits per heavy atom. The molecule has 1 aliphatic carbocycles. The summed E-state index contributed by atoms with van der Waals surface area (Å²) in [6.07, 6.45) is 7.78. The summed E-state index contributed by atoms with van der Waals surface area (Å²) in [6.45, 7) is 1.17. The second-order valence-electron chi connectivity index (χ2n) is 10.7. The number of halogens is 1. The van der Waals surface area contributed by atoms with Gasteiger partial charge in [-0.1, -0.05) is 36.9 Å². The fraction of sp³-hybridized carbons (Fsp3) is 0.556. The van der Waals surface area contributed by atoms with E-state index in [0.717, 1.165) is 43.0 Å². The molecule has 3 aliphatic rings. The molecule has 2 aromatic rings. The van der Waals surface area contributed by atoms with Gasteiger partial charge in [0.2, 0.25) is 11.8 Å². The van der Waals surface area contributed by atoms with Crippen molar-refractivity contribution in [1.29, 1.82) is 5.26 Å². The zero-order valence-electron chi connectivity index (χ0n) is 20.3. The predicted octanol–water partition coefficient (Wildman–Crippen LogP) is 3.91. The molecular weight excluding hydrogens is 478 g/mol. The smallest absolute Gasteiger partial charge is 0.271 e. The maximum atomic E-state index is 13.7. The molecule has 3 amide bonds. The summed E-state index contributed by atoms with van der Waals surface area (Å²) >= 11 is 6.33. The van der Waals surface area contributed by atoms with Crippen LogP contribution in [-0.4, -0.2) is 52.8 Å². The number of nitriles is 1. The number of nitrogens with zero attached hydrogens (tertiary/aromatic N) is 2. The van der Waals surface area contributed by atoms with Gasteiger partial charge in [-0.15, -0.1) is 0 Å². The third-order valence-corrected chi connectivity index (χ3v) is 8.55. The molecule has 0 radical (unpaired) electrons. The second-order valence-corrected chi connectivity index (χ2v) is 11.1. The van der Waals surface area contributed by atoms with E-state index in [-0.39, 0.29) is 35.5 Å². The van der Waals surface area contributed by atoms with Crippen molar-refractivity contribution in [1.82, 2.24) is 20.5 Å². The van der Waals surface area contributed by atoms with Crippen molar-refractivity contribution in [2.45, 2.75) is 69.9 Å². The minimum absolute atomic E-state index is 0.0629. The predicted molar refractivity (Wildman–Crippen MR) is 136 cm³/mol. The lowest BCUT2D eigenvalue weighted by atomic mass is 9.72. The van der Waals surface area contributed by atoms with Gasteiger partial charge in [0.15, 0.2) is 0 Å². The Morgan fingerprint density at radius 3 is 2.78 bits per heavy atom. The zero-order valence-corrected chi connectivity index (χ0v) is 21.1. The molecule has 2 saturated heterocycles. The highest BCUT2D eigenvalue weighted by Crippen LogP contribution is 2.46. The average Bonchev–Trinajstić information content (AvgIpc) is 3.48. The first-order valence-corrected chi connectivity index (χ1v) is 13.3. The lowest BCUT2D eigenvalue weighted by Crippen LogP contribution is -2.49. The molecule has 0 bridgehead atoms. The molecule has 3 atom stereocenters. The molecule has 1 saturated carbocycles. The zero-order chi connectivity index (χ0) is 25.3. The molecule has 1 aromatic carbocycles. The van der Waals surface area contributed by atoms with E-state index in [4.69, 9.17) is 11.6 Å². The first kappa shape index (κ1) is 24.6. The largest absolute Gasteiger partial charge is 0.356 e. The summed E-state index contributed by atoms with van der Waals surface area (Å²) < 4.78 is 0. The molecule has 5 rings (SSSR count). The van der Waals surface area contributed by atoms with E-state index in [1.807, 2.05) is 12.1 Å². The summed E-state index contributed by atoms with van der Waals surface area (Å²) in [7, 11) is 0. The molecule has 1 spiro atoms. The maximum Gasteiger partial charge on any atom is 0.271 e. The lowest BCUT2D eigenvalue weighted by Gasteiger charge is -2.32. The van der Waals surface area contributed by atoms with Gasteiger partial charge in [0.1, 0.15) is 17.8 Å². The average molecular weight is 510 g/mol. The molecule has 8 nitrogen and oxygen atoms in total. The topological polar surface area (TPSA) is 118 Å². The van der Waals surface area contributed by atoms with Crippen molar-refractivity contribution < 1.29 is 14.4 Å². The highest BCUT2D eigenvalue weighted by Gasteiger charge is 2.49. The van der Waals surface area contributed by atoms with E-state index in [9.17, 15) is 19.6 Å². The van der Waals surface area contributed by atoms with Gasteiger partial charge < -0.3 is 20.5 Å². The molecule has 3 N–H and O–H groups in total. The van der Waals surface area contributed by atoms with Crippen LogP contribution in [0.2, 0.25) is 5.02 Å². The number of fused-ring (bicyclic) bond motifs is 1. The van der Waals surface area contributed by atoms with Gasteiger partial charge in [0.05, 0.1) is 6.07 Å². The van der Waals surface area contributed by atoms with Crippen molar-refractivity contribution in [2.75, 3.05) is 13.1 Å². The van der Waals surface area contributed by atoms with Crippen LogP contribution >= 0.6 is 11.6 Å². The summed E-state index contributed by atoms with van der Waals surface area (Å²) in [5.74, 6) is -0.898. The summed E-state index contributed by atoms with van der Waals surface area (Å²) in [6, 6.07) is 7.95. The number of hydrogen-bond acceptors (Lipinski definition) is 4. The Morgan fingerprint density at radius 1 is 1.25 bits per heavy atom. The second kappa shape index (κ2) is 10.1. The molecular formula is C27H32ClN5O3. The number of carbonyl (C=O) groups excluding carboxylic acids is 3. The number of H-pyrrole nitrogens is 1. The van der Waals surface area contributed by atoms with E-state index >= 15 is 0 Å². The van der Waals surface area contributed by atoms with Crippen LogP contribution in [0, 0.1) is 22.7 Å². The molecule has 1 aromatic heterocycles. The first-order valence-electron chi connectivity index (χ1n) is 12.9. The minimum atomic E-state index is -0.780. The molecule has 2 aliphatic heterocycles. The van der Waals surface area contributed by atoms with Crippen molar-refractivity contribution in [2.24, 2.45) is 11.3 Å². The number of aromatic amines is 1. The summed E-state index contributed by atoms with van der Waals surface area (Å²) in [5, 5.41) is 16.8. The number of carbonyl (C=O) groups is 3.